The molecule has 0 saturated heterocycles. The number of carbonyl (C=O) groups is 1. The number of amides is 1. The number of nitrogen functional groups attached to an aromatic ring is 1. The molecule has 0 spiro atoms. The van der Waals surface area contributed by atoms with E-state index < -0.39 is 0 Å². The summed E-state index contributed by atoms with van der Waals surface area (Å²) in [7, 11) is 3.47. The van der Waals surface area contributed by atoms with E-state index in [-0.39, 0.29) is 11.9 Å². The highest BCUT2D eigenvalue weighted by molar-refractivity contribution is 5.86. The zero-order valence-electron chi connectivity index (χ0n) is 11.3. The molecule has 5 heteroatoms. The Hall–Kier alpha value is -2.30. The van der Waals surface area contributed by atoms with E-state index in [1.54, 1.807) is 19.0 Å². The summed E-state index contributed by atoms with van der Waals surface area (Å²) in [6, 6.07) is 9.03. The SMILES string of the molecule is CC(Nc1ccc2cc(N)ccc2n1)C(=O)N(C)C. The van der Waals surface area contributed by atoms with Gasteiger partial charge in [-0.25, -0.2) is 4.98 Å². The Morgan fingerprint density at radius 1 is 1.32 bits per heavy atom. The molecule has 0 aliphatic heterocycles. The highest BCUT2D eigenvalue weighted by Crippen LogP contribution is 2.18. The van der Waals surface area contributed by atoms with Gasteiger partial charge in [0.15, 0.2) is 0 Å². The number of hydrogen-bond acceptors (Lipinski definition) is 4. The standard InChI is InChI=1S/C14H18N4O/c1-9(14(19)18(2)3)16-13-7-4-10-8-11(15)5-6-12(10)17-13/h4-9H,15H2,1-3H3,(H,16,17). The molecule has 0 aliphatic carbocycles. The van der Waals surface area contributed by atoms with Gasteiger partial charge in [-0.15, -0.1) is 0 Å². The van der Waals surface area contributed by atoms with Crippen LogP contribution in [0.3, 0.4) is 0 Å². The molecule has 0 bridgehead atoms. The molecule has 1 aromatic heterocycles. The average Bonchev–Trinajstić information content (AvgIpc) is 2.37. The smallest absolute Gasteiger partial charge is 0.244 e. The number of hydrogen-bond donors (Lipinski definition) is 2. The maximum atomic E-state index is 11.8. The maximum Gasteiger partial charge on any atom is 0.244 e. The van der Waals surface area contributed by atoms with Crippen LogP contribution in [0, 0.1) is 0 Å². The first-order valence-corrected chi connectivity index (χ1v) is 6.11. The number of carbonyl (C=O) groups excluding carboxylic acids is 1. The number of aromatic nitrogens is 1. The lowest BCUT2D eigenvalue weighted by Gasteiger charge is -2.18. The van der Waals surface area contributed by atoms with Crippen LogP contribution in [-0.4, -0.2) is 35.9 Å². The van der Waals surface area contributed by atoms with Crippen molar-refractivity contribution in [1.29, 1.82) is 0 Å². The molecule has 0 aliphatic rings. The summed E-state index contributed by atoms with van der Waals surface area (Å²) in [5.41, 5.74) is 7.29. The van der Waals surface area contributed by atoms with Crippen LogP contribution in [0.15, 0.2) is 30.3 Å². The molecule has 3 N–H and O–H groups in total. The van der Waals surface area contributed by atoms with E-state index in [1.807, 2.05) is 37.3 Å². The third-order valence-corrected chi connectivity index (χ3v) is 2.89. The summed E-state index contributed by atoms with van der Waals surface area (Å²) in [4.78, 5) is 17.8. The van der Waals surface area contributed by atoms with Gasteiger partial charge in [0, 0.05) is 25.2 Å². The fourth-order valence-corrected chi connectivity index (χ4v) is 1.90. The Labute approximate surface area is 112 Å². The molecule has 100 valence electrons. The Morgan fingerprint density at radius 3 is 2.74 bits per heavy atom. The second kappa shape index (κ2) is 5.14. The molecule has 5 nitrogen and oxygen atoms in total. The van der Waals surface area contributed by atoms with Gasteiger partial charge in [-0.1, -0.05) is 0 Å². The summed E-state index contributed by atoms with van der Waals surface area (Å²) in [6.07, 6.45) is 0. The van der Waals surface area contributed by atoms with Crippen molar-refractivity contribution in [2.75, 3.05) is 25.1 Å². The van der Waals surface area contributed by atoms with E-state index in [4.69, 9.17) is 5.73 Å². The van der Waals surface area contributed by atoms with Crippen LogP contribution >= 0.6 is 0 Å². The Balaban J connectivity index is 2.22. The molecule has 19 heavy (non-hydrogen) atoms. The number of likely N-dealkylation sites (N-methyl/N-ethyl adjacent to an activating group) is 1. The predicted octanol–water partition coefficient (Wildman–Crippen LogP) is 1.71. The van der Waals surface area contributed by atoms with Gasteiger partial charge >= 0.3 is 0 Å². The molecular weight excluding hydrogens is 240 g/mol. The van der Waals surface area contributed by atoms with Crippen molar-refractivity contribution in [2.45, 2.75) is 13.0 Å². The zero-order chi connectivity index (χ0) is 14.0. The summed E-state index contributed by atoms with van der Waals surface area (Å²) in [5.74, 6) is 0.694. The molecule has 2 rings (SSSR count). The van der Waals surface area contributed by atoms with Crippen molar-refractivity contribution in [3.8, 4) is 0 Å². The fourth-order valence-electron chi connectivity index (χ4n) is 1.90. The molecular formula is C14H18N4O. The maximum absolute atomic E-state index is 11.8. The largest absolute Gasteiger partial charge is 0.399 e. The Kier molecular flexibility index (Phi) is 3.55. The van der Waals surface area contributed by atoms with Gasteiger partial charge in [-0.2, -0.15) is 0 Å². The number of pyridine rings is 1. The molecule has 1 unspecified atom stereocenters. The highest BCUT2D eigenvalue weighted by atomic mass is 16.2. The predicted molar refractivity (Wildman–Crippen MR) is 77.9 cm³/mol. The lowest BCUT2D eigenvalue weighted by molar-refractivity contribution is -0.129. The summed E-state index contributed by atoms with van der Waals surface area (Å²) in [6.45, 7) is 1.82. The van der Waals surface area contributed by atoms with Crippen LogP contribution in [-0.2, 0) is 4.79 Å². The minimum atomic E-state index is -0.311. The number of benzene rings is 1. The molecule has 1 amide bonds. The third-order valence-electron chi connectivity index (χ3n) is 2.89. The van der Waals surface area contributed by atoms with E-state index in [1.165, 1.54) is 0 Å². The van der Waals surface area contributed by atoms with Crippen LogP contribution < -0.4 is 11.1 Å². The van der Waals surface area contributed by atoms with Crippen molar-refractivity contribution in [1.82, 2.24) is 9.88 Å². The number of nitrogens with one attached hydrogen (secondary N) is 1. The van der Waals surface area contributed by atoms with E-state index in [2.05, 4.69) is 10.3 Å². The summed E-state index contributed by atoms with van der Waals surface area (Å²) in [5, 5.41) is 4.08. The quantitative estimate of drug-likeness (QED) is 0.822. The van der Waals surface area contributed by atoms with Crippen LogP contribution in [0.25, 0.3) is 10.9 Å². The van der Waals surface area contributed by atoms with Crippen molar-refractivity contribution < 1.29 is 4.79 Å². The summed E-state index contributed by atoms with van der Waals surface area (Å²) < 4.78 is 0. The zero-order valence-corrected chi connectivity index (χ0v) is 11.3. The van der Waals surface area contributed by atoms with Crippen molar-refractivity contribution >= 4 is 28.3 Å². The van der Waals surface area contributed by atoms with Crippen LogP contribution in [0.4, 0.5) is 11.5 Å². The lowest BCUT2D eigenvalue weighted by atomic mass is 10.2. The number of fused-ring (bicyclic) bond motifs is 1. The second-order valence-electron chi connectivity index (χ2n) is 4.75. The van der Waals surface area contributed by atoms with E-state index in [0.29, 0.717) is 11.5 Å². The fraction of sp³-hybridized carbons (Fsp3) is 0.286. The van der Waals surface area contributed by atoms with Gasteiger partial charge in [0.1, 0.15) is 11.9 Å². The summed E-state index contributed by atoms with van der Waals surface area (Å²) >= 11 is 0. The minimum Gasteiger partial charge on any atom is -0.399 e. The molecule has 1 atom stereocenters. The van der Waals surface area contributed by atoms with Gasteiger partial charge in [0.05, 0.1) is 5.52 Å². The molecule has 0 saturated carbocycles. The Bertz CT molecular complexity index is 609. The van der Waals surface area contributed by atoms with Gasteiger partial charge in [-0.3, -0.25) is 4.79 Å². The van der Waals surface area contributed by atoms with Gasteiger partial charge in [-0.05, 0) is 37.3 Å². The first-order valence-electron chi connectivity index (χ1n) is 6.11. The first-order chi connectivity index (χ1) is 8.97. The molecule has 1 aromatic carbocycles. The number of nitrogens with zero attached hydrogens (tertiary/aromatic N) is 2. The average molecular weight is 258 g/mol. The first kappa shape index (κ1) is 13.1. The van der Waals surface area contributed by atoms with Gasteiger partial charge in [0.25, 0.3) is 0 Å². The number of anilines is 2. The van der Waals surface area contributed by atoms with Crippen molar-refractivity contribution in [3.05, 3.63) is 30.3 Å². The third kappa shape index (κ3) is 2.93. The van der Waals surface area contributed by atoms with E-state index in [9.17, 15) is 4.79 Å². The topological polar surface area (TPSA) is 71.2 Å². The number of nitrogens with two attached hydrogens (primary N) is 1. The Morgan fingerprint density at radius 2 is 2.05 bits per heavy atom. The van der Waals surface area contributed by atoms with Crippen LogP contribution in [0.1, 0.15) is 6.92 Å². The molecule has 0 radical (unpaired) electrons. The highest BCUT2D eigenvalue weighted by Gasteiger charge is 2.14. The van der Waals surface area contributed by atoms with Crippen LogP contribution in [0.5, 0.6) is 0 Å². The number of rotatable bonds is 3. The van der Waals surface area contributed by atoms with E-state index >= 15 is 0 Å². The molecule has 1 heterocycles. The van der Waals surface area contributed by atoms with Gasteiger partial charge in [0.2, 0.25) is 5.91 Å². The monoisotopic (exact) mass is 258 g/mol. The lowest BCUT2D eigenvalue weighted by Crippen LogP contribution is -2.36. The van der Waals surface area contributed by atoms with E-state index in [0.717, 1.165) is 10.9 Å². The van der Waals surface area contributed by atoms with Crippen molar-refractivity contribution in [2.24, 2.45) is 0 Å². The normalized spacial score (nSPS) is 12.2. The van der Waals surface area contributed by atoms with Crippen molar-refractivity contribution in [3.63, 3.8) is 0 Å². The van der Waals surface area contributed by atoms with Gasteiger partial charge < -0.3 is 16.0 Å². The van der Waals surface area contributed by atoms with Crippen LogP contribution in [0.2, 0.25) is 0 Å². The minimum absolute atomic E-state index is 0.0132. The second-order valence-corrected chi connectivity index (χ2v) is 4.75. The molecule has 0 fully saturated rings. The molecule has 2 aromatic rings.